The minimum atomic E-state index is -4.50. The van der Waals surface area contributed by atoms with E-state index in [1.807, 2.05) is 13.8 Å². The first-order chi connectivity index (χ1) is 9.68. The Bertz CT molecular complexity index is 675. The smallest absolute Gasteiger partial charge is 0.294 e. The first-order valence-corrected chi connectivity index (χ1v) is 7.62. The van der Waals surface area contributed by atoms with Crippen molar-refractivity contribution in [2.75, 3.05) is 0 Å². The van der Waals surface area contributed by atoms with Crippen LogP contribution in [0.2, 0.25) is 0 Å². The Hall–Kier alpha value is -1.21. The van der Waals surface area contributed by atoms with Crippen molar-refractivity contribution in [3.8, 4) is 0 Å². The lowest BCUT2D eigenvalue weighted by Gasteiger charge is -2.10. The van der Waals surface area contributed by atoms with Crippen molar-refractivity contribution >= 4 is 33.0 Å². The summed E-state index contributed by atoms with van der Waals surface area (Å²) >= 11 is 4.24. The van der Waals surface area contributed by atoms with Gasteiger partial charge in [-0.05, 0) is 26.0 Å². The maximum atomic E-state index is 12.8. The second-order valence-corrected chi connectivity index (χ2v) is 6.68. The molecule has 0 aliphatic rings. The predicted octanol–water partition coefficient (Wildman–Crippen LogP) is 4.97. The van der Waals surface area contributed by atoms with Crippen LogP contribution >= 0.6 is 27.3 Å². The van der Waals surface area contributed by atoms with E-state index < -0.39 is 11.7 Å². The fourth-order valence-electron chi connectivity index (χ4n) is 1.77. The zero-order chi connectivity index (χ0) is 15.8. The molecule has 7 heteroatoms. The second kappa shape index (κ2) is 5.88. The normalized spacial score (nSPS) is 11.7. The van der Waals surface area contributed by atoms with Crippen molar-refractivity contribution in [2.45, 2.75) is 26.4 Å². The number of halogens is 4. The molecule has 0 fully saturated rings. The van der Waals surface area contributed by atoms with Crippen LogP contribution in [0.15, 0.2) is 22.7 Å². The molecule has 1 aromatic heterocycles. The number of nitrogens with zero attached hydrogens (tertiary/aromatic N) is 1. The maximum absolute atomic E-state index is 12.8. The molecule has 0 saturated carbocycles. The van der Waals surface area contributed by atoms with Gasteiger partial charge in [0.2, 0.25) is 0 Å². The molecule has 2 rings (SSSR count). The minimum absolute atomic E-state index is 0.0122. The third-order valence-electron chi connectivity index (χ3n) is 2.98. The third kappa shape index (κ3) is 3.71. The van der Waals surface area contributed by atoms with Crippen molar-refractivity contribution in [3.05, 3.63) is 49.4 Å². The number of aromatic nitrogens is 1. The largest absolute Gasteiger partial charge is 0.417 e. The molecule has 0 radical (unpaired) electrons. The lowest BCUT2D eigenvalue weighted by molar-refractivity contribution is -0.138. The monoisotopic (exact) mass is 377 g/mol. The van der Waals surface area contributed by atoms with Crippen LogP contribution in [0.25, 0.3) is 0 Å². The molecule has 2 nitrogen and oxygen atoms in total. The minimum Gasteiger partial charge on any atom is -0.294 e. The van der Waals surface area contributed by atoms with Crippen LogP contribution in [-0.2, 0) is 12.6 Å². The zero-order valence-corrected chi connectivity index (χ0v) is 13.6. The van der Waals surface area contributed by atoms with E-state index in [2.05, 4.69) is 20.9 Å². The molecular weight excluding hydrogens is 367 g/mol. The number of hydrogen-bond donors (Lipinski definition) is 0. The number of ketones is 1. The molecule has 0 unspecified atom stereocenters. The number of hydrogen-bond acceptors (Lipinski definition) is 3. The van der Waals surface area contributed by atoms with Gasteiger partial charge in [-0.3, -0.25) is 4.79 Å². The Labute approximate surface area is 132 Å². The van der Waals surface area contributed by atoms with Crippen LogP contribution in [0.1, 0.15) is 31.5 Å². The van der Waals surface area contributed by atoms with Gasteiger partial charge in [-0.2, -0.15) is 13.2 Å². The maximum Gasteiger partial charge on any atom is 0.417 e. The molecule has 112 valence electrons. The molecule has 1 heterocycles. The fourth-order valence-corrected chi connectivity index (χ4v) is 3.17. The van der Waals surface area contributed by atoms with E-state index in [1.54, 1.807) is 0 Å². The van der Waals surface area contributed by atoms with Crippen LogP contribution in [0.5, 0.6) is 0 Å². The van der Waals surface area contributed by atoms with Crippen LogP contribution in [-0.4, -0.2) is 10.8 Å². The van der Waals surface area contributed by atoms with E-state index in [1.165, 1.54) is 23.5 Å². The number of rotatable bonds is 3. The van der Waals surface area contributed by atoms with Crippen molar-refractivity contribution in [3.63, 3.8) is 0 Å². The highest BCUT2D eigenvalue weighted by Crippen LogP contribution is 2.35. The SMILES string of the molecule is Cc1nc(CC(=O)c2ccc(Br)c(C(F)(F)F)c2)sc1C. The topological polar surface area (TPSA) is 30.0 Å². The Morgan fingerprint density at radius 3 is 2.52 bits per heavy atom. The third-order valence-corrected chi connectivity index (χ3v) is 4.74. The summed E-state index contributed by atoms with van der Waals surface area (Å²) in [6.07, 6.45) is -4.48. The van der Waals surface area contributed by atoms with Crippen molar-refractivity contribution in [2.24, 2.45) is 0 Å². The highest BCUT2D eigenvalue weighted by atomic mass is 79.9. The Morgan fingerprint density at radius 2 is 2.00 bits per heavy atom. The van der Waals surface area contributed by atoms with Gasteiger partial charge in [0.05, 0.1) is 17.7 Å². The van der Waals surface area contributed by atoms with Gasteiger partial charge in [0.25, 0.3) is 0 Å². The lowest BCUT2D eigenvalue weighted by Crippen LogP contribution is -2.10. The van der Waals surface area contributed by atoms with Crippen molar-refractivity contribution < 1.29 is 18.0 Å². The van der Waals surface area contributed by atoms with Gasteiger partial charge >= 0.3 is 6.18 Å². The standard InChI is InChI=1S/C14H11BrF3NOS/c1-7-8(2)21-13(19-7)6-12(20)9-3-4-11(15)10(5-9)14(16,17)18/h3-5H,6H2,1-2H3. The van der Waals surface area contributed by atoms with E-state index in [-0.39, 0.29) is 22.2 Å². The van der Waals surface area contributed by atoms with Gasteiger partial charge in [-0.15, -0.1) is 11.3 Å². The number of Topliss-reactive ketones (excluding diaryl/α,β-unsaturated/α-hetero) is 1. The molecule has 0 spiro atoms. The average Bonchev–Trinajstić information content (AvgIpc) is 2.67. The van der Waals surface area contributed by atoms with Crippen LogP contribution in [0.3, 0.4) is 0 Å². The molecule has 0 aliphatic carbocycles. The summed E-state index contributed by atoms with van der Waals surface area (Å²) in [6, 6.07) is 3.50. The number of benzene rings is 1. The summed E-state index contributed by atoms with van der Waals surface area (Å²) in [5, 5.41) is 0.617. The molecule has 0 saturated heterocycles. The van der Waals surface area contributed by atoms with Crippen LogP contribution in [0.4, 0.5) is 13.2 Å². The number of alkyl halides is 3. The van der Waals surface area contributed by atoms with Gasteiger partial charge in [-0.25, -0.2) is 4.98 Å². The summed E-state index contributed by atoms with van der Waals surface area (Å²) < 4.78 is 38.4. The highest BCUT2D eigenvalue weighted by Gasteiger charge is 2.33. The number of thiazole rings is 1. The highest BCUT2D eigenvalue weighted by molar-refractivity contribution is 9.10. The average molecular weight is 378 g/mol. The lowest BCUT2D eigenvalue weighted by atomic mass is 10.1. The number of carbonyl (C=O) groups is 1. The number of aryl methyl sites for hydroxylation is 2. The molecule has 21 heavy (non-hydrogen) atoms. The van der Waals surface area contributed by atoms with Crippen LogP contribution in [0, 0.1) is 13.8 Å². The van der Waals surface area contributed by atoms with Crippen molar-refractivity contribution in [1.29, 1.82) is 0 Å². The first-order valence-electron chi connectivity index (χ1n) is 6.01. The Morgan fingerprint density at radius 1 is 1.33 bits per heavy atom. The predicted molar refractivity (Wildman–Crippen MR) is 78.8 cm³/mol. The molecular formula is C14H11BrF3NOS. The van der Waals surface area contributed by atoms with E-state index in [0.717, 1.165) is 16.6 Å². The molecule has 0 N–H and O–H groups in total. The first kappa shape index (κ1) is 16.2. The van der Waals surface area contributed by atoms with Gasteiger partial charge < -0.3 is 0 Å². The van der Waals surface area contributed by atoms with Gasteiger partial charge in [0, 0.05) is 14.9 Å². The van der Waals surface area contributed by atoms with Crippen LogP contribution < -0.4 is 0 Å². The van der Waals surface area contributed by atoms with Gasteiger partial charge in [-0.1, -0.05) is 22.0 Å². The molecule has 0 aliphatic heterocycles. The summed E-state index contributed by atoms with van der Waals surface area (Å²) in [5.41, 5.74) is 0.0328. The van der Waals surface area contributed by atoms with E-state index in [0.29, 0.717) is 5.01 Å². The quantitative estimate of drug-likeness (QED) is 0.707. The molecule has 0 amide bonds. The summed E-state index contributed by atoms with van der Waals surface area (Å²) in [6.45, 7) is 3.73. The molecule has 1 aromatic carbocycles. The Balaban J connectivity index is 2.27. The molecule has 2 aromatic rings. The number of carbonyl (C=O) groups excluding carboxylic acids is 1. The summed E-state index contributed by atoms with van der Waals surface area (Å²) in [4.78, 5) is 17.3. The summed E-state index contributed by atoms with van der Waals surface area (Å²) in [5.74, 6) is -0.373. The summed E-state index contributed by atoms with van der Waals surface area (Å²) in [7, 11) is 0. The van der Waals surface area contributed by atoms with Crippen molar-refractivity contribution in [1.82, 2.24) is 4.98 Å². The van der Waals surface area contributed by atoms with E-state index in [9.17, 15) is 18.0 Å². The van der Waals surface area contributed by atoms with Gasteiger partial charge in [0.15, 0.2) is 5.78 Å². The van der Waals surface area contributed by atoms with Gasteiger partial charge in [0.1, 0.15) is 5.01 Å². The van der Waals surface area contributed by atoms with E-state index >= 15 is 0 Å². The van der Waals surface area contributed by atoms with E-state index in [4.69, 9.17) is 0 Å². The fraction of sp³-hybridized carbons (Fsp3) is 0.286. The Kier molecular flexibility index (Phi) is 4.53. The second-order valence-electron chi connectivity index (χ2n) is 4.54. The zero-order valence-electron chi connectivity index (χ0n) is 11.2. The molecule has 0 bridgehead atoms. The molecule has 0 atom stereocenters.